The van der Waals surface area contributed by atoms with Gasteiger partial charge < -0.3 is 5.32 Å². The lowest BCUT2D eigenvalue weighted by Crippen LogP contribution is -2.21. The summed E-state index contributed by atoms with van der Waals surface area (Å²) in [5.41, 5.74) is 0. The van der Waals surface area contributed by atoms with Gasteiger partial charge in [0.25, 0.3) is 0 Å². The van der Waals surface area contributed by atoms with Crippen LogP contribution in [-0.4, -0.2) is 18.9 Å². The average molecular weight is 127 g/mol. The lowest BCUT2D eigenvalue weighted by atomic mass is 10.3. The van der Waals surface area contributed by atoms with Gasteiger partial charge in [0.2, 0.25) is 0 Å². The highest BCUT2D eigenvalue weighted by molar-refractivity contribution is 5.80. The van der Waals surface area contributed by atoms with Crippen molar-refractivity contribution in [3.8, 4) is 0 Å². The molecule has 0 aromatic carbocycles. The lowest BCUT2D eigenvalue weighted by molar-refractivity contribution is -0.117. The minimum Gasteiger partial charge on any atom is -0.307 e. The van der Waals surface area contributed by atoms with Gasteiger partial charge in [-0.1, -0.05) is 13.0 Å². The highest BCUT2D eigenvalue weighted by Crippen LogP contribution is 1.75. The first-order valence-corrected chi connectivity index (χ1v) is 3.14. The van der Waals surface area contributed by atoms with Gasteiger partial charge in [0, 0.05) is 13.0 Å². The second-order valence-corrected chi connectivity index (χ2v) is 1.81. The van der Waals surface area contributed by atoms with Crippen LogP contribution in [0.25, 0.3) is 0 Å². The molecule has 0 saturated carbocycles. The fourth-order valence-corrected chi connectivity index (χ4v) is 0.439. The third kappa shape index (κ3) is 5.24. The largest absolute Gasteiger partial charge is 0.307 e. The predicted octanol–water partition coefficient (Wildman–Crippen LogP) is 0.741. The monoisotopic (exact) mass is 127 g/mol. The van der Waals surface area contributed by atoms with Crippen LogP contribution in [-0.2, 0) is 4.79 Å². The molecule has 0 saturated heterocycles. The minimum absolute atomic E-state index is 0.247. The summed E-state index contributed by atoms with van der Waals surface area (Å²) in [4.78, 5) is 10.6. The fraction of sp³-hybridized carbons (Fsp3) is 0.571. The molecule has 0 fully saturated rings. The summed E-state index contributed by atoms with van der Waals surface area (Å²) in [6.07, 6.45) is 2.35. The Hall–Kier alpha value is -0.630. The van der Waals surface area contributed by atoms with Crippen LogP contribution in [0.3, 0.4) is 0 Å². The molecule has 0 aliphatic carbocycles. The first kappa shape index (κ1) is 8.37. The molecule has 0 aliphatic rings. The van der Waals surface area contributed by atoms with Crippen LogP contribution < -0.4 is 5.32 Å². The molecule has 0 unspecified atom stereocenters. The van der Waals surface area contributed by atoms with Gasteiger partial charge in [0.1, 0.15) is 5.78 Å². The Balaban J connectivity index is 3.06. The molecule has 0 aromatic rings. The number of ketones is 1. The maximum Gasteiger partial charge on any atom is 0.146 e. The summed E-state index contributed by atoms with van der Waals surface area (Å²) < 4.78 is 0. The first-order valence-electron chi connectivity index (χ1n) is 3.14. The van der Waals surface area contributed by atoms with Gasteiger partial charge in [-0.05, 0) is 0 Å². The Kier molecular flexibility index (Phi) is 5.12. The molecule has 0 rings (SSSR count). The first-order chi connectivity index (χ1) is 4.31. The Morgan fingerprint density at radius 3 is 2.89 bits per heavy atom. The number of carbonyl (C=O) groups is 1. The second kappa shape index (κ2) is 5.51. The molecule has 52 valence electrons. The molecule has 0 bridgehead atoms. The van der Waals surface area contributed by atoms with Gasteiger partial charge in [0.15, 0.2) is 0 Å². The van der Waals surface area contributed by atoms with E-state index in [4.69, 9.17) is 0 Å². The smallest absolute Gasteiger partial charge is 0.146 e. The number of hydrogen-bond donors (Lipinski definition) is 1. The van der Waals surface area contributed by atoms with Crippen molar-refractivity contribution in [1.29, 1.82) is 0 Å². The Morgan fingerprint density at radius 1 is 1.78 bits per heavy atom. The van der Waals surface area contributed by atoms with Crippen LogP contribution in [0, 0.1) is 0 Å². The van der Waals surface area contributed by atoms with Gasteiger partial charge >= 0.3 is 0 Å². The minimum atomic E-state index is 0.247. The quantitative estimate of drug-likeness (QED) is 0.436. The standard InChI is InChI=1S/C7H13NO/c1-3-5-8-6-7(9)4-2/h3,8H,1,4-6H2,2H3. The zero-order valence-corrected chi connectivity index (χ0v) is 5.81. The Labute approximate surface area is 56.0 Å². The summed E-state index contributed by atoms with van der Waals surface area (Å²) in [5.74, 6) is 0.247. The Morgan fingerprint density at radius 2 is 2.44 bits per heavy atom. The van der Waals surface area contributed by atoms with Gasteiger partial charge in [-0.25, -0.2) is 0 Å². The highest BCUT2D eigenvalue weighted by atomic mass is 16.1. The normalized spacial score (nSPS) is 9.00. The molecule has 2 heteroatoms. The summed E-state index contributed by atoms with van der Waals surface area (Å²) in [5, 5.41) is 2.92. The van der Waals surface area contributed by atoms with Crippen molar-refractivity contribution in [3.63, 3.8) is 0 Å². The summed E-state index contributed by atoms with van der Waals surface area (Å²) in [6.45, 7) is 6.56. The third-order valence-corrected chi connectivity index (χ3v) is 1.01. The maximum atomic E-state index is 10.6. The number of rotatable bonds is 5. The third-order valence-electron chi connectivity index (χ3n) is 1.01. The number of carbonyl (C=O) groups excluding carboxylic acids is 1. The topological polar surface area (TPSA) is 29.1 Å². The van der Waals surface area contributed by atoms with Crippen LogP contribution in [0.1, 0.15) is 13.3 Å². The number of hydrogen-bond acceptors (Lipinski definition) is 2. The second-order valence-electron chi connectivity index (χ2n) is 1.81. The van der Waals surface area contributed by atoms with E-state index in [0.29, 0.717) is 19.5 Å². The van der Waals surface area contributed by atoms with Crippen LogP contribution in [0.2, 0.25) is 0 Å². The summed E-state index contributed by atoms with van der Waals surface area (Å²) in [6, 6.07) is 0. The van der Waals surface area contributed by atoms with Gasteiger partial charge in [-0.15, -0.1) is 6.58 Å². The Bertz CT molecular complexity index is 99.1. The number of Topliss-reactive ketones (excluding diaryl/α,β-unsaturated/α-hetero) is 1. The van der Waals surface area contributed by atoms with Crippen LogP contribution in [0.5, 0.6) is 0 Å². The lowest BCUT2D eigenvalue weighted by Gasteiger charge is -1.95. The van der Waals surface area contributed by atoms with E-state index in [1.807, 2.05) is 6.92 Å². The fourth-order valence-electron chi connectivity index (χ4n) is 0.439. The van der Waals surface area contributed by atoms with E-state index in [9.17, 15) is 4.79 Å². The van der Waals surface area contributed by atoms with Crippen molar-refractivity contribution in [2.24, 2.45) is 0 Å². The summed E-state index contributed by atoms with van der Waals surface area (Å²) in [7, 11) is 0. The zero-order chi connectivity index (χ0) is 7.11. The van der Waals surface area contributed by atoms with E-state index in [0.717, 1.165) is 0 Å². The molecule has 0 atom stereocenters. The van der Waals surface area contributed by atoms with Crippen molar-refractivity contribution in [2.75, 3.05) is 13.1 Å². The molecular weight excluding hydrogens is 114 g/mol. The van der Waals surface area contributed by atoms with Crippen LogP contribution >= 0.6 is 0 Å². The molecule has 0 amide bonds. The van der Waals surface area contributed by atoms with E-state index in [1.54, 1.807) is 6.08 Å². The summed E-state index contributed by atoms with van der Waals surface area (Å²) >= 11 is 0. The van der Waals surface area contributed by atoms with Gasteiger partial charge in [-0.3, -0.25) is 4.79 Å². The van der Waals surface area contributed by atoms with Crippen molar-refractivity contribution < 1.29 is 4.79 Å². The van der Waals surface area contributed by atoms with E-state index in [-0.39, 0.29) is 5.78 Å². The zero-order valence-electron chi connectivity index (χ0n) is 5.81. The average Bonchev–Trinajstić information content (AvgIpc) is 1.89. The van der Waals surface area contributed by atoms with E-state index < -0.39 is 0 Å². The molecule has 0 heterocycles. The van der Waals surface area contributed by atoms with E-state index in [1.165, 1.54) is 0 Å². The van der Waals surface area contributed by atoms with Crippen molar-refractivity contribution in [1.82, 2.24) is 5.32 Å². The molecule has 0 radical (unpaired) electrons. The molecule has 2 nitrogen and oxygen atoms in total. The molecule has 1 N–H and O–H groups in total. The molecule has 0 aromatic heterocycles. The van der Waals surface area contributed by atoms with E-state index >= 15 is 0 Å². The van der Waals surface area contributed by atoms with Crippen molar-refractivity contribution in [3.05, 3.63) is 12.7 Å². The van der Waals surface area contributed by atoms with Gasteiger partial charge in [-0.2, -0.15) is 0 Å². The van der Waals surface area contributed by atoms with E-state index in [2.05, 4.69) is 11.9 Å². The predicted molar refractivity (Wildman–Crippen MR) is 38.4 cm³/mol. The molecular formula is C7H13NO. The van der Waals surface area contributed by atoms with Crippen LogP contribution in [0.15, 0.2) is 12.7 Å². The highest BCUT2D eigenvalue weighted by Gasteiger charge is 1.92. The molecule has 0 aliphatic heterocycles. The van der Waals surface area contributed by atoms with Crippen molar-refractivity contribution in [2.45, 2.75) is 13.3 Å². The van der Waals surface area contributed by atoms with Gasteiger partial charge in [0.05, 0.1) is 6.54 Å². The molecule has 9 heavy (non-hydrogen) atoms. The number of nitrogens with one attached hydrogen (secondary N) is 1. The molecule has 0 spiro atoms. The maximum absolute atomic E-state index is 10.6. The van der Waals surface area contributed by atoms with Crippen molar-refractivity contribution >= 4 is 5.78 Å². The van der Waals surface area contributed by atoms with Crippen LogP contribution in [0.4, 0.5) is 0 Å². The SMILES string of the molecule is C=CCNCC(=O)CC.